The summed E-state index contributed by atoms with van der Waals surface area (Å²) in [7, 11) is 3.18. The Morgan fingerprint density at radius 3 is 2.82 bits per heavy atom. The molecule has 0 unspecified atom stereocenters. The van der Waals surface area contributed by atoms with E-state index in [1.54, 1.807) is 14.1 Å². The third-order valence-corrected chi connectivity index (χ3v) is 0.912. The van der Waals surface area contributed by atoms with Crippen molar-refractivity contribution >= 4 is 12.0 Å². The molecule has 1 N–H and O–H groups in total. The normalized spacial score (nSPS) is 11.6. The van der Waals surface area contributed by atoms with E-state index in [1.807, 2.05) is 0 Å². The number of aromatic nitrogens is 4. The summed E-state index contributed by atoms with van der Waals surface area (Å²) in [6.45, 7) is 0. The molecule has 0 fully saturated rings. The number of H-pyrrole nitrogens is 1. The first-order valence-electron chi connectivity index (χ1n) is 2.86. The standard InChI is InChI=1S/C4H8N6O/c1-10(2)4(11)5-3-6-8-9-7-3/h1-2H3,(H2,5,6,7,8,9,11)/p-1. The largest absolute Gasteiger partial charge is 0.846 e. The highest BCUT2D eigenvalue weighted by Gasteiger charge is 1.92. The van der Waals surface area contributed by atoms with Crippen LogP contribution in [-0.4, -0.2) is 45.6 Å². The van der Waals surface area contributed by atoms with Crippen LogP contribution in [0.15, 0.2) is 4.99 Å². The topological polar surface area (TPSA) is 93.1 Å². The minimum Gasteiger partial charge on any atom is -0.846 e. The number of rotatable bonds is 1. The maximum absolute atomic E-state index is 10.8. The van der Waals surface area contributed by atoms with Crippen molar-refractivity contribution < 1.29 is 5.11 Å². The molecule has 1 rings (SSSR count). The van der Waals surface area contributed by atoms with Gasteiger partial charge in [0, 0.05) is 14.1 Å². The Balaban J connectivity index is 2.74. The van der Waals surface area contributed by atoms with Crippen molar-refractivity contribution in [3.05, 3.63) is 0 Å². The molecule has 60 valence electrons. The first-order valence-corrected chi connectivity index (χ1v) is 2.86. The maximum Gasteiger partial charge on any atom is 0.289 e. The lowest BCUT2D eigenvalue weighted by molar-refractivity contribution is -0.231. The quantitative estimate of drug-likeness (QED) is 0.378. The molecule has 11 heavy (non-hydrogen) atoms. The Labute approximate surface area is 62.7 Å². The van der Waals surface area contributed by atoms with Crippen molar-refractivity contribution in [1.29, 1.82) is 0 Å². The van der Waals surface area contributed by atoms with Crippen LogP contribution in [0.3, 0.4) is 0 Å². The van der Waals surface area contributed by atoms with Crippen LogP contribution in [0.5, 0.6) is 0 Å². The fourth-order valence-corrected chi connectivity index (χ4v) is 0.389. The van der Waals surface area contributed by atoms with Gasteiger partial charge in [-0.25, -0.2) is 4.99 Å². The molecule has 0 aromatic carbocycles. The lowest BCUT2D eigenvalue weighted by Gasteiger charge is -2.18. The third kappa shape index (κ3) is 1.88. The number of amidine groups is 1. The highest BCUT2D eigenvalue weighted by molar-refractivity contribution is 5.70. The van der Waals surface area contributed by atoms with E-state index in [2.05, 4.69) is 25.6 Å². The van der Waals surface area contributed by atoms with Crippen molar-refractivity contribution in [1.82, 2.24) is 25.5 Å². The Bertz CT molecular complexity index is 239. The molecule has 0 atom stereocenters. The van der Waals surface area contributed by atoms with Crippen molar-refractivity contribution in [2.45, 2.75) is 0 Å². The fraction of sp³-hybridized carbons (Fsp3) is 0.500. The van der Waals surface area contributed by atoms with E-state index >= 15 is 0 Å². The summed E-state index contributed by atoms with van der Waals surface area (Å²) in [5.41, 5.74) is 0. The van der Waals surface area contributed by atoms with Crippen LogP contribution in [0.25, 0.3) is 0 Å². The molecular formula is C4H7N6O-. The minimum absolute atomic E-state index is 0.0451. The van der Waals surface area contributed by atoms with Crippen molar-refractivity contribution in [2.24, 2.45) is 4.99 Å². The Hall–Kier alpha value is -1.66. The van der Waals surface area contributed by atoms with Crippen LogP contribution in [0.1, 0.15) is 0 Å². The SMILES string of the molecule is CN(C)C([O-])=Nc1nn[nH]n1. The van der Waals surface area contributed by atoms with E-state index < -0.39 is 6.02 Å². The Kier molecular flexibility index (Phi) is 2.00. The third-order valence-electron chi connectivity index (χ3n) is 0.912. The Morgan fingerprint density at radius 2 is 2.36 bits per heavy atom. The van der Waals surface area contributed by atoms with E-state index in [0.29, 0.717) is 0 Å². The zero-order valence-corrected chi connectivity index (χ0v) is 6.14. The highest BCUT2D eigenvalue weighted by atomic mass is 16.3. The molecule has 0 aliphatic rings. The summed E-state index contributed by atoms with van der Waals surface area (Å²) in [6.07, 6.45) is 0. The molecule has 0 aliphatic heterocycles. The summed E-state index contributed by atoms with van der Waals surface area (Å²) in [5.74, 6) is 0.0451. The fourth-order valence-electron chi connectivity index (χ4n) is 0.389. The average Bonchev–Trinajstić information content (AvgIpc) is 2.39. The van der Waals surface area contributed by atoms with Gasteiger partial charge in [-0.3, -0.25) is 0 Å². The summed E-state index contributed by atoms with van der Waals surface area (Å²) >= 11 is 0. The van der Waals surface area contributed by atoms with Crippen LogP contribution in [0, 0.1) is 0 Å². The highest BCUT2D eigenvalue weighted by Crippen LogP contribution is 1.95. The number of nitrogens with one attached hydrogen (secondary N) is 1. The number of aliphatic imine (C=N–C) groups is 1. The lowest BCUT2D eigenvalue weighted by atomic mass is 10.8. The summed E-state index contributed by atoms with van der Waals surface area (Å²) in [4.78, 5) is 4.81. The Morgan fingerprint density at radius 1 is 1.64 bits per heavy atom. The molecule has 7 nitrogen and oxygen atoms in total. The molecule has 0 saturated heterocycles. The lowest BCUT2D eigenvalue weighted by Crippen LogP contribution is -2.33. The molecule has 0 radical (unpaired) electrons. The van der Waals surface area contributed by atoms with Gasteiger partial charge >= 0.3 is 0 Å². The minimum atomic E-state index is -0.411. The molecule has 0 bridgehead atoms. The predicted molar refractivity (Wildman–Crippen MR) is 35.0 cm³/mol. The zero-order valence-electron chi connectivity index (χ0n) is 6.14. The molecule has 0 saturated carbocycles. The van der Waals surface area contributed by atoms with Gasteiger partial charge in [0.05, 0.1) is 6.02 Å². The van der Waals surface area contributed by atoms with Gasteiger partial charge < -0.3 is 10.0 Å². The van der Waals surface area contributed by atoms with Gasteiger partial charge in [0.2, 0.25) is 0 Å². The van der Waals surface area contributed by atoms with Crippen LogP contribution in [-0.2, 0) is 0 Å². The van der Waals surface area contributed by atoms with E-state index in [-0.39, 0.29) is 5.95 Å². The second kappa shape index (κ2) is 2.95. The number of hydrogen-bond acceptors (Lipinski definition) is 5. The van der Waals surface area contributed by atoms with E-state index in [1.165, 1.54) is 4.90 Å². The van der Waals surface area contributed by atoms with Crippen molar-refractivity contribution in [2.75, 3.05) is 14.1 Å². The molecule has 1 heterocycles. The summed E-state index contributed by atoms with van der Waals surface area (Å²) < 4.78 is 0. The number of aromatic amines is 1. The molecular weight excluding hydrogens is 148 g/mol. The molecule has 0 aliphatic carbocycles. The number of tetrazole rings is 1. The van der Waals surface area contributed by atoms with Gasteiger partial charge in [0.25, 0.3) is 5.95 Å². The number of hydrogen-bond donors (Lipinski definition) is 1. The molecule has 0 amide bonds. The first kappa shape index (κ1) is 7.45. The molecule has 1 aromatic heterocycles. The molecule has 7 heteroatoms. The van der Waals surface area contributed by atoms with Gasteiger partial charge in [-0.1, -0.05) is 5.10 Å². The first-order chi connectivity index (χ1) is 5.20. The average molecular weight is 155 g/mol. The van der Waals surface area contributed by atoms with Crippen LogP contribution < -0.4 is 5.11 Å². The van der Waals surface area contributed by atoms with E-state index in [0.717, 1.165) is 0 Å². The van der Waals surface area contributed by atoms with E-state index in [4.69, 9.17) is 0 Å². The smallest absolute Gasteiger partial charge is 0.289 e. The maximum atomic E-state index is 10.8. The van der Waals surface area contributed by atoms with Gasteiger partial charge in [0.1, 0.15) is 0 Å². The van der Waals surface area contributed by atoms with Crippen molar-refractivity contribution in [3.63, 3.8) is 0 Å². The van der Waals surface area contributed by atoms with Crippen LogP contribution >= 0.6 is 0 Å². The summed E-state index contributed by atoms with van der Waals surface area (Å²) in [6, 6.07) is -0.411. The monoisotopic (exact) mass is 155 g/mol. The molecule has 1 aromatic rings. The van der Waals surface area contributed by atoms with Crippen LogP contribution in [0.4, 0.5) is 5.95 Å². The molecule has 0 spiro atoms. The van der Waals surface area contributed by atoms with Gasteiger partial charge in [0.15, 0.2) is 0 Å². The van der Waals surface area contributed by atoms with Crippen LogP contribution in [0.2, 0.25) is 0 Å². The van der Waals surface area contributed by atoms with Gasteiger partial charge in [-0.05, 0) is 5.21 Å². The van der Waals surface area contributed by atoms with Crippen molar-refractivity contribution in [3.8, 4) is 0 Å². The second-order valence-electron chi connectivity index (χ2n) is 2.00. The number of nitrogens with zero attached hydrogens (tertiary/aromatic N) is 5. The van der Waals surface area contributed by atoms with E-state index in [9.17, 15) is 5.11 Å². The van der Waals surface area contributed by atoms with Gasteiger partial charge in [-0.15, -0.1) is 5.10 Å². The summed E-state index contributed by atoms with van der Waals surface area (Å²) in [5, 5.41) is 23.2. The predicted octanol–water partition coefficient (Wildman–Crippen LogP) is -1.89. The van der Waals surface area contributed by atoms with Gasteiger partial charge in [-0.2, -0.15) is 5.21 Å². The second-order valence-corrected chi connectivity index (χ2v) is 2.00. The zero-order chi connectivity index (χ0) is 8.27.